The third-order valence-electron chi connectivity index (χ3n) is 2.22. The molecule has 0 saturated heterocycles. The SMILES string of the molecule is COC(=O)N(C)CCc1ccc(Cl)cc1Cl. The molecule has 1 aromatic rings. The highest BCUT2D eigenvalue weighted by atomic mass is 35.5. The van der Waals surface area contributed by atoms with Gasteiger partial charge in [0.25, 0.3) is 0 Å². The zero-order chi connectivity index (χ0) is 12.1. The van der Waals surface area contributed by atoms with Crippen LogP contribution in [0.5, 0.6) is 0 Å². The topological polar surface area (TPSA) is 29.5 Å². The molecule has 0 heterocycles. The molecular weight excluding hydrogens is 249 g/mol. The molecule has 0 N–H and O–H groups in total. The van der Waals surface area contributed by atoms with Gasteiger partial charge < -0.3 is 9.64 Å². The molecule has 0 aromatic heterocycles. The van der Waals surface area contributed by atoms with Crippen molar-refractivity contribution in [3.05, 3.63) is 33.8 Å². The third kappa shape index (κ3) is 3.58. The van der Waals surface area contributed by atoms with E-state index in [9.17, 15) is 4.79 Å². The Morgan fingerprint density at radius 2 is 2.12 bits per heavy atom. The summed E-state index contributed by atoms with van der Waals surface area (Å²) < 4.78 is 4.58. The number of carbonyl (C=O) groups is 1. The second kappa shape index (κ2) is 5.97. The summed E-state index contributed by atoms with van der Waals surface area (Å²) in [5, 5.41) is 1.22. The van der Waals surface area contributed by atoms with Gasteiger partial charge in [-0.05, 0) is 24.1 Å². The Bertz CT molecular complexity index is 382. The summed E-state index contributed by atoms with van der Waals surface area (Å²) in [4.78, 5) is 12.6. The van der Waals surface area contributed by atoms with Crippen molar-refractivity contribution in [2.75, 3.05) is 20.7 Å². The van der Waals surface area contributed by atoms with Gasteiger partial charge in [-0.3, -0.25) is 0 Å². The van der Waals surface area contributed by atoms with E-state index in [0.29, 0.717) is 23.0 Å². The molecule has 1 amide bonds. The Morgan fingerprint density at radius 1 is 1.44 bits per heavy atom. The minimum absolute atomic E-state index is 0.356. The van der Waals surface area contributed by atoms with Gasteiger partial charge in [0.2, 0.25) is 0 Å². The largest absolute Gasteiger partial charge is 0.453 e. The van der Waals surface area contributed by atoms with Crippen LogP contribution in [0.3, 0.4) is 0 Å². The summed E-state index contributed by atoms with van der Waals surface area (Å²) in [7, 11) is 3.03. The minimum Gasteiger partial charge on any atom is -0.453 e. The van der Waals surface area contributed by atoms with Crippen LogP contribution >= 0.6 is 23.2 Å². The predicted molar refractivity (Wildman–Crippen MR) is 65.2 cm³/mol. The predicted octanol–water partition coefficient (Wildman–Crippen LogP) is 3.23. The van der Waals surface area contributed by atoms with E-state index >= 15 is 0 Å². The van der Waals surface area contributed by atoms with Crippen LogP contribution in [-0.2, 0) is 11.2 Å². The van der Waals surface area contributed by atoms with Gasteiger partial charge in [-0.1, -0.05) is 29.3 Å². The molecule has 1 rings (SSSR count). The molecule has 0 spiro atoms. The Hall–Kier alpha value is -0.930. The molecule has 0 saturated carbocycles. The number of nitrogens with zero attached hydrogens (tertiary/aromatic N) is 1. The van der Waals surface area contributed by atoms with Crippen molar-refractivity contribution >= 4 is 29.3 Å². The van der Waals surface area contributed by atoms with Crippen LogP contribution in [0.2, 0.25) is 10.0 Å². The number of halogens is 2. The van der Waals surface area contributed by atoms with Crippen LogP contribution < -0.4 is 0 Å². The van der Waals surface area contributed by atoms with Gasteiger partial charge in [-0.15, -0.1) is 0 Å². The van der Waals surface area contributed by atoms with Crippen molar-refractivity contribution in [3.63, 3.8) is 0 Å². The molecule has 3 nitrogen and oxygen atoms in total. The lowest BCUT2D eigenvalue weighted by Gasteiger charge is -2.15. The summed E-state index contributed by atoms with van der Waals surface area (Å²) in [5.41, 5.74) is 0.960. The van der Waals surface area contributed by atoms with Crippen molar-refractivity contribution in [1.82, 2.24) is 4.90 Å². The Morgan fingerprint density at radius 3 is 2.69 bits per heavy atom. The number of methoxy groups -OCH3 is 1. The van der Waals surface area contributed by atoms with Crippen molar-refractivity contribution < 1.29 is 9.53 Å². The highest BCUT2D eigenvalue weighted by Crippen LogP contribution is 2.21. The molecule has 0 atom stereocenters. The number of amides is 1. The van der Waals surface area contributed by atoms with Crippen LogP contribution in [0.25, 0.3) is 0 Å². The number of hydrogen-bond donors (Lipinski definition) is 0. The second-order valence-corrected chi connectivity index (χ2v) is 4.22. The van der Waals surface area contributed by atoms with E-state index < -0.39 is 0 Å². The lowest BCUT2D eigenvalue weighted by atomic mass is 10.1. The lowest BCUT2D eigenvalue weighted by molar-refractivity contribution is 0.134. The van der Waals surface area contributed by atoms with Gasteiger partial charge in [0.1, 0.15) is 0 Å². The molecular formula is C11H13Cl2NO2. The van der Waals surface area contributed by atoms with E-state index in [0.717, 1.165) is 5.56 Å². The van der Waals surface area contributed by atoms with E-state index in [1.165, 1.54) is 12.0 Å². The smallest absolute Gasteiger partial charge is 0.409 e. The first-order valence-electron chi connectivity index (χ1n) is 4.77. The van der Waals surface area contributed by atoms with Crippen LogP contribution in [0.1, 0.15) is 5.56 Å². The second-order valence-electron chi connectivity index (χ2n) is 3.38. The molecule has 0 radical (unpaired) electrons. The van der Waals surface area contributed by atoms with Crippen LogP contribution in [0.4, 0.5) is 4.79 Å². The van der Waals surface area contributed by atoms with E-state index in [1.54, 1.807) is 19.2 Å². The van der Waals surface area contributed by atoms with Crippen LogP contribution in [0, 0.1) is 0 Å². The van der Waals surface area contributed by atoms with Gasteiger partial charge >= 0.3 is 6.09 Å². The average Bonchev–Trinajstić information content (AvgIpc) is 2.26. The summed E-state index contributed by atoms with van der Waals surface area (Å²) in [5.74, 6) is 0. The monoisotopic (exact) mass is 261 g/mol. The van der Waals surface area contributed by atoms with Gasteiger partial charge in [-0.2, -0.15) is 0 Å². The zero-order valence-electron chi connectivity index (χ0n) is 9.17. The third-order valence-corrected chi connectivity index (χ3v) is 2.80. The van der Waals surface area contributed by atoms with Gasteiger partial charge in [0.15, 0.2) is 0 Å². The Balaban J connectivity index is 2.58. The molecule has 1 aromatic carbocycles. The van der Waals surface area contributed by atoms with Crippen molar-refractivity contribution in [2.24, 2.45) is 0 Å². The fraction of sp³-hybridized carbons (Fsp3) is 0.364. The minimum atomic E-state index is -0.356. The lowest BCUT2D eigenvalue weighted by Crippen LogP contribution is -2.28. The van der Waals surface area contributed by atoms with E-state index in [-0.39, 0.29) is 6.09 Å². The summed E-state index contributed by atoms with van der Waals surface area (Å²) in [6.07, 6.45) is 0.312. The highest BCUT2D eigenvalue weighted by Gasteiger charge is 2.09. The van der Waals surface area contributed by atoms with Crippen molar-refractivity contribution in [2.45, 2.75) is 6.42 Å². The van der Waals surface area contributed by atoms with Gasteiger partial charge in [0.05, 0.1) is 7.11 Å². The van der Waals surface area contributed by atoms with E-state index in [4.69, 9.17) is 23.2 Å². The maximum absolute atomic E-state index is 11.1. The molecule has 0 bridgehead atoms. The number of carbonyl (C=O) groups excluding carboxylic acids is 1. The highest BCUT2D eigenvalue weighted by molar-refractivity contribution is 6.35. The number of rotatable bonds is 3. The quantitative estimate of drug-likeness (QED) is 0.836. The number of likely N-dealkylation sites (N-methyl/N-ethyl adjacent to an activating group) is 1. The zero-order valence-corrected chi connectivity index (χ0v) is 10.7. The number of benzene rings is 1. The summed E-state index contributed by atoms with van der Waals surface area (Å²) in [6, 6.07) is 5.33. The molecule has 5 heteroatoms. The summed E-state index contributed by atoms with van der Waals surface area (Å²) >= 11 is 11.8. The fourth-order valence-corrected chi connectivity index (χ4v) is 1.76. The first kappa shape index (κ1) is 13.1. The molecule has 0 aliphatic rings. The Labute approximate surface area is 105 Å². The molecule has 88 valence electrons. The van der Waals surface area contributed by atoms with Gasteiger partial charge in [0, 0.05) is 23.6 Å². The van der Waals surface area contributed by atoms with E-state index in [1.807, 2.05) is 6.07 Å². The average molecular weight is 262 g/mol. The molecule has 0 aliphatic heterocycles. The van der Waals surface area contributed by atoms with Gasteiger partial charge in [-0.25, -0.2) is 4.79 Å². The maximum atomic E-state index is 11.1. The van der Waals surface area contributed by atoms with E-state index in [2.05, 4.69) is 4.74 Å². The van der Waals surface area contributed by atoms with Crippen molar-refractivity contribution in [1.29, 1.82) is 0 Å². The maximum Gasteiger partial charge on any atom is 0.409 e. The molecule has 0 unspecified atom stereocenters. The first-order chi connectivity index (χ1) is 7.54. The molecule has 0 aliphatic carbocycles. The first-order valence-corrected chi connectivity index (χ1v) is 5.53. The summed E-state index contributed by atoms with van der Waals surface area (Å²) in [6.45, 7) is 0.550. The number of hydrogen-bond acceptors (Lipinski definition) is 2. The normalized spacial score (nSPS) is 10.0. The Kier molecular flexibility index (Phi) is 4.90. The number of ether oxygens (including phenoxy) is 1. The van der Waals surface area contributed by atoms with Crippen LogP contribution in [-0.4, -0.2) is 31.7 Å². The standard InChI is InChI=1S/C11H13Cl2NO2/c1-14(11(15)16-2)6-5-8-3-4-9(12)7-10(8)13/h3-4,7H,5-6H2,1-2H3. The van der Waals surface area contributed by atoms with Crippen LogP contribution in [0.15, 0.2) is 18.2 Å². The van der Waals surface area contributed by atoms with Crippen molar-refractivity contribution in [3.8, 4) is 0 Å². The fourth-order valence-electron chi connectivity index (χ4n) is 1.26. The molecule has 0 fully saturated rings. The molecule has 16 heavy (non-hydrogen) atoms.